The van der Waals surface area contributed by atoms with Crippen molar-refractivity contribution < 1.29 is 9.59 Å². The van der Waals surface area contributed by atoms with E-state index < -0.39 is 11.9 Å². The highest BCUT2D eigenvalue weighted by molar-refractivity contribution is 7.99. The Bertz CT molecular complexity index is 836. The molecule has 2 amide bonds. The number of piperidine rings is 1. The Kier molecular flexibility index (Phi) is 5.11. The molecule has 0 spiro atoms. The molecular weight excluding hydrogens is 364 g/mol. The van der Waals surface area contributed by atoms with Crippen molar-refractivity contribution in [2.75, 3.05) is 12.3 Å². The van der Waals surface area contributed by atoms with Gasteiger partial charge in [0, 0.05) is 30.5 Å². The maximum atomic E-state index is 12.7. The third kappa shape index (κ3) is 3.83. The van der Waals surface area contributed by atoms with E-state index in [9.17, 15) is 9.59 Å². The summed E-state index contributed by atoms with van der Waals surface area (Å²) in [5.74, 6) is 0.543. The van der Waals surface area contributed by atoms with Crippen LogP contribution >= 0.6 is 11.8 Å². The van der Waals surface area contributed by atoms with E-state index in [4.69, 9.17) is 5.73 Å². The number of likely N-dealkylation sites (tertiary alicyclic amines) is 1. The molecule has 0 radical (unpaired) electrons. The second-order valence-corrected chi connectivity index (χ2v) is 7.88. The molecule has 1 aliphatic carbocycles. The first-order valence-corrected chi connectivity index (χ1v) is 10.2. The smallest absolute Gasteiger partial charge is 0.240 e. The zero-order valence-corrected chi connectivity index (χ0v) is 15.8. The predicted molar refractivity (Wildman–Crippen MR) is 101 cm³/mol. The zero-order valence-electron chi connectivity index (χ0n) is 15.0. The number of carbonyl (C=O) groups is 2. The molecule has 1 saturated carbocycles. The van der Waals surface area contributed by atoms with Crippen LogP contribution in [0.4, 0.5) is 0 Å². The van der Waals surface area contributed by atoms with Gasteiger partial charge >= 0.3 is 0 Å². The number of hydrogen-bond donors (Lipinski definition) is 1. The van der Waals surface area contributed by atoms with Crippen molar-refractivity contribution in [2.24, 2.45) is 5.73 Å². The van der Waals surface area contributed by atoms with E-state index in [0.29, 0.717) is 19.0 Å². The summed E-state index contributed by atoms with van der Waals surface area (Å²) in [6.45, 7) is 0.588. The molecule has 1 aliphatic heterocycles. The molecule has 4 rings (SSSR count). The van der Waals surface area contributed by atoms with E-state index in [1.165, 1.54) is 11.8 Å². The second-order valence-electron chi connectivity index (χ2n) is 6.93. The van der Waals surface area contributed by atoms with Gasteiger partial charge in [0.15, 0.2) is 11.0 Å². The monoisotopic (exact) mass is 386 g/mol. The fraction of sp³-hybridized carbons (Fsp3) is 0.500. The Morgan fingerprint density at radius 2 is 1.93 bits per heavy atom. The number of pyridine rings is 1. The fourth-order valence-corrected chi connectivity index (χ4v) is 4.36. The maximum Gasteiger partial charge on any atom is 0.240 e. The van der Waals surface area contributed by atoms with Crippen molar-refractivity contribution in [3.05, 3.63) is 24.5 Å². The molecule has 2 N–H and O–H groups in total. The van der Waals surface area contributed by atoms with Gasteiger partial charge in [-0.1, -0.05) is 11.8 Å². The highest BCUT2D eigenvalue weighted by atomic mass is 32.2. The summed E-state index contributed by atoms with van der Waals surface area (Å²) in [6.07, 6.45) is 8.13. The largest absolute Gasteiger partial charge is 0.368 e. The van der Waals surface area contributed by atoms with Gasteiger partial charge < -0.3 is 10.6 Å². The van der Waals surface area contributed by atoms with Crippen LogP contribution < -0.4 is 5.73 Å². The molecule has 2 fully saturated rings. The van der Waals surface area contributed by atoms with Crippen molar-refractivity contribution in [2.45, 2.75) is 49.3 Å². The fourth-order valence-electron chi connectivity index (χ4n) is 3.47. The summed E-state index contributed by atoms with van der Waals surface area (Å²) in [5, 5.41) is 9.41. The van der Waals surface area contributed by atoms with E-state index in [0.717, 1.165) is 42.2 Å². The van der Waals surface area contributed by atoms with Crippen LogP contribution in [0.1, 0.15) is 38.1 Å². The first-order chi connectivity index (χ1) is 13.1. The molecule has 0 bridgehead atoms. The van der Waals surface area contributed by atoms with Crippen LogP contribution in [0.3, 0.4) is 0 Å². The van der Waals surface area contributed by atoms with Gasteiger partial charge in [0.1, 0.15) is 6.04 Å². The summed E-state index contributed by atoms with van der Waals surface area (Å²) in [5.41, 5.74) is 6.44. The lowest BCUT2D eigenvalue weighted by atomic mass is 10.0. The molecule has 27 heavy (non-hydrogen) atoms. The number of amides is 2. The lowest BCUT2D eigenvalue weighted by Gasteiger charge is -2.33. The van der Waals surface area contributed by atoms with Crippen LogP contribution in [0, 0.1) is 0 Å². The Labute approximate surface area is 161 Å². The Morgan fingerprint density at radius 1 is 1.15 bits per heavy atom. The van der Waals surface area contributed by atoms with Crippen LogP contribution in [-0.4, -0.2) is 54.8 Å². The van der Waals surface area contributed by atoms with Gasteiger partial charge in [0.2, 0.25) is 11.8 Å². The molecule has 0 aromatic carbocycles. The van der Waals surface area contributed by atoms with Crippen LogP contribution in [0.25, 0.3) is 11.4 Å². The molecular formula is C18H22N6O2S. The lowest BCUT2D eigenvalue weighted by Crippen LogP contribution is -2.51. The van der Waals surface area contributed by atoms with Crippen LogP contribution in [0.15, 0.2) is 29.7 Å². The quantitative estimate of drug-likeness (QED) is 0.756. The van der Waals surface area contributed by atoms with Gasteiger partial charge in [-0.2, -0.15) is 0 Å². The Hall–Kier alpha value is -2.42. The molecule has 142 valence electrons. The van der Waals surface area contributed by atoms with Gasteiger partial charge in [-0.25, -0.2) is 0 Å². The minimum absolute atomic E-state index is 0.0701. The van der Waals surface area contributed by atoms with Crippen molar-refractivity contribution in [1.82, 2.24) is 24.6 Å². The Morgan fingerprint density at radius 3 is 2.63 bits per heavy atom. The highest BCUT2D eigenvalue weighted by Crippen LogP contribution is 2.41. The maximum absolute atomic E-state index is 12.7. The van der Waals surface area contributed by atoms with Gasteiger partial charge in [-0.05, 0) is 44.2 Å². The number of carbonyl (C=O) groups excluding carboxylic acids is 2. The van der Waals surface area contributed by atoms with Crippen molar-refractivity contribution in [3.8, 4) is 11.4 Å². The topological polar surface area (TPSA) is 107 Å². The summed E-state index contributed by atoms with van der Waals surface area (Å²) in [4.78, 5) is 30.0. The summed E-state index contributed by atoms with van der Waals surface area (Å²) < 4.78 is 2.12. The molecule has 1 saturated heterocycles. The molecule has 1 atom stereocenters. The normalized spacial score (nSPS) is 19.9. The molecule has 0 unspecified atom stereocenters. The first-order valence-electron chi connectivity index (χ1n) is 9.22. The minimum atomic E-state index is -0.486. The Balaban J connectivity index is 1.49. The third-order valence-electron chi connectivity index (χ3n) is 4.99. The number of nitrogens with zero attached hydrogens (tertiary/aromatic N) is 5. The summed E-state index contributed by atoms with van der Waals surface area (Å²) in [6, 6.07) is 3.72. The van der Waals surface area contributed by atoms with Gasteiger partial charge in [0.05, 0.1) is 5.75 Å². The molecule has 8 nitrogen and oxygen atoms in total. The first kappa shape index (κ1) is 18.0. The number of aromatic nitrogens is 4. The average Bonchev–Trinajstić information content (AvgIpc) is 3.45. The molecule has 2 aromatic rings. The van der Waals surface area contributed by atoms with Gasteiger partial charge in [-0.15, -0.1) is 10.2 Å². The number of hydrogen-bond acceptors (Lipinski definition) is 6. The number of rotatable bonds is 6. The van der Waals surface area contributed by atoms with Gasteiger partial charge in [-0.3, -0.25) is 19.1 Å². The zero-order chi connectivity index (χ0) is 18.8. The molecule has 3 heterocycles. The highest BCUT2D eigenvalue weighted by Gasteiger charge is 2.33. The van der Waals surface area contributed by atoms with Gasteiger partial charge in [0.25, 0.3) is 0 Å². The molecule has 2 aromatic heterocycles. The van der Waals surface area contributed by atoms with Crippen molar-refractivity contribution >= 4 is 23.6 Å². The summed E-state index contributed by atoms with van der Waals surface area (Å²) in [7, 11) is 0. The van der Waals surface area contributed by atoms with Crippen LogP contribution in [0.2, 0.25) is 0 Å². The molecule has 2 aliphatic rings. The minimum Gasteiger partial charge on any atom is -0.368 e. The number of thioether (sulfide) groups is 1. The summed E-state index contributed by atoms with van der Waals surface area (Å²) >= 11 is 1.38. The predicted octanol–water partition coefficient (Wildman–Crippen LogP) is 1.63. The van der Waals surface area contributed by atoms with Crippen molar-refractivity contribution in [1.29, 1.82) is 0 Å². The number of primary amides is 1. The van der Waals surface area contributed by atoms with E-state index in [-0.39, 0.29) is 11.7 Å². The van der Waals surface area contributed by atoms with E-state index in [1.54, 1.807) is 17.3 Å². The van der Waals surface area contributed by atoms with E-state index >= 15 is 0 Å². The average molecular weight is 386 g/mol. The molecule has 9 heteroatoms. The van der Waals surface area contributed by atoms with Crippen molar-refractivity contribution in [3.63, 3.8) is 0 Å². The van der Waals surface area contributed by atoms with Crippen LogP contribution in [-0.2, 0) is 9.59 Å². The number of nitrogens with two attached hydrogens (primary N) is 1. The van der Waals surface area contributed by atoms with E-state index in [2.05, 4.69) is 19.7 Å². The third-order valence-corrected chi connectivity index (χ3v) is 5.92. The van der Waals surface area contributed by atoms with Crippen LogP contribution in [0.5, 0.6) is 0 Å². The standard InChI is InChI=1S/C18H22N6O2S/c19-16(26)14-3-1-2-10-23(14)15(25)11-27-18-22-21-17(24(18)13-4-5-13)12-6-8-20-9-7-12/h6-9,13-14H,1-5,10-11H2,(H2,19,26)/t14-/m0/s1. The second kappa shape index (κ2) is 7.67. The van der Waals surface area contributed by atoms with E-state index in [1.807, 2.05) is 12.1 Å². The SMILES string of the molecule is NC(=O)[C@@H]1CCCCN1C(=O)CSc1nnc(-c2ccncc2)n1C1CC1. The lowest BCUT2D eigenvalue weighted by molar-refractivity contribution is -0.138.